The van der Waals surface area contributed by atoms with Crippen molar-refractivity contribution in [1.82, 2.24) is 24.6 Å². The number of nitrogens with two attached hydrogens (primary N) is 2. The number of anilines is 2. The van der Waals surface area contributed by atoms with Crippen LogP contribution in [0.4, 0.5) is 16.2 Å². The maximum absolute atomic E-state index is 13.8. The van der Waals surface area contributed by atoms with Crippen molar-refractivity contribution < 1.29 is 32.9 Å². The summed E-state index contributed by atoms with van der Waals surface area (Å²) in [6.07, 6.45) is -2.51. The highest BCUT2D eigenvalue weighted by molar-refractivity contribution is 7.36. The zero-order valence-corrected chi connectivity index (χ0v) is 19.2. The van der Waals surface area contributed by atoms with Crippen LogP contribution in [0.15, 0.2) is 6.33 Å². The van der Waals surface area contributed by atoms with Gasteiger partial charge in [0.15, 0.2) is 17.7 Å². The molecule has 0 saturated heterocycles. The lowest BCUT2D eigenvalue weighted by atomic mass is 10.2. The molecule has 0 fully saturated rings. The number of nitrogens with zero attached hydrogens (tertiary/aromatic N) is 4. The standard InChI is InChI=1S/C17H29FN7O6P/c1-8(2)30-16(27)9(3)24-32(28)29-6-11(10(4)26)31-12(5-18)25-7-21-13-14(19)22-17(20)23-15(13)25/h7-12,26,32H,5-6H2,1-4H3,(H,24,28)(H4,19,20,22,23)/t9-,10-,11?,12+/m0/s1. The van der Waals surface area contributed by atoms with Crippen molar-refractivity contribution in [1.29, 1.82) is 0 Å². The molecule has 13 nitrogen and oxygen atoms in total. The lowest BCUT2D eigenvalue weighted by Crippen LogP contribution is -2.36. The van der Waals surface area contributed by atoms with Crippen molar-refractivity contribution in [2.24, 2.45) is 0 Å². The fraction of sp³-hybridized carbons (Fsp3) is 0.647. The van der Waals surface area contributed by atoms with Gasteiger partial charge in [0.05, 0.1) is 25.1 Å². The quantitative estimate of drug-likeness (QED) is 0.246. The fourth-order valence-corrected chi connectivity index (χ4v) is 3.48. The molecule has 6 N–H and O–H groups in total. The number of alkyl halides is 1. The van der Waals surface area contributed by atoms with Gasteiger partial charge in [-0.05, 0) is 27.7 Å². The van der Waals surface area contributed by atoms with E-state index in [1.165, 1.54) is 24.7 Å². The Balaban J connectivity index is 2.05. The molecule has 0 bridgehead atoms. The Morgan fingerprint density at radius 2 is 2.00 bits per heavy atom. The number of ether oxygens (including phenoxy) is 2. The largest absolute Gasteiger partial charge is 0.462 e. The number of carbonyl (C=O) groups excluding carboxylic acids is 1. The molecule has 2 unspecified atom stereocenters. The van der Waals surface area contributed by atoms with Gasteiger partial charge in [0.25, 0.3) is 8.18 Å². The van der Waals surface area contributed by atoms with Crippen molar-refractivity contribution in [3.8, 4) is 0 Å². The molecule has 0 radical (unpaired) electrons. The first-order valence-electron chi connectivity index (χ1n) is 9.82. The zero-order valence-electron chi connectivity index (χ0n) is 18.2. The Morgan fingerprint density at radius 1 is 1.31 bits per heavy atom. The number of rotatable bonds is 12. The SMILES string of the molecule is CC(C)OC(=O)[C@H](C)N[PH](=O)OCC(O[C@H](CF)n1cnc2c(N)nc(N)nc21)[C@H](C)O. The van der Waals surface area contributed by atoms with Crippen LogP contribution in [0.5, 0.6) is 0 Å². The minimum atomic E-state index is -2.90. The van der Waals surface area contributed by atoms with Crippen molar-refractivity contribution in [3.63, 3.8) is 0 Å². The molecule has 0 aromatic carbocycles. The second kappa shape index (κ2) is 11.5. The molecular formula is C17H29FN7O6P. The predicted molar refractivity (Wildman–Crippen MR) is 114 cm³/mol. The first-order chi connectivity index (χ1) is 15.0. The molecule has 0 aliphatic carbocycles. The Bertz CT molecular complexity index is 943. The van der Waals surface area contributed by atoms with Gasteiger partial charge in [-0.2, -0.15) is 9.97 Å². The van der Waals surface area contributed by atoms with E-state index in [9.17, 15) is 18.9 Å². The number of hydrogen-bond acceptors (Lipinski definition) is 11. The topological polar surface area (TPSA) is 190 Å². The van der Waals surface area contributed by atoms with E-state index in [1.54, 1.807) is 13.8 Å². The minimum absolute atomic E-state index is 0.0223. The van der Waals surface area contributed by atoms with Gasteiger partial charge in [0.2, 0.25) is 5.95 Å². The Labute approximate surface area is 184 Å². The van der Waals surface area contributed by atoms with Gasteiger partial charge in [-0.1, -0.05) is 0 Å². The smallest absolute Gasteiger partial charge is 0.323 e. The number of imidazole rings is 1. The van der Waals surface area contributed by atoms with Crippen molar-refractivity contribution >= 4 is 37.1 Å². The molecule has 15 heteroatoms. The maximum Gasteiger partial charge on any atom is 0.323 e. The van der Waals surface area contributed by atoms with Crippen LogP contribution in [0.25, 0.3) is 11.2 Å². The molecule has 2 aromatic rings. The van der Waals surface area contributed by atoms with E-state index in [2.05, 4.69) is 20.0 Å². The van der Waals surface area contributed by atoms with Crippen molar-refractivity contribution in [2.75, 3.05) is 24.7 Å². The predicted octanol–water partition coefficient (Wildman–Crippen LogP) is 0.561. The summed E-state index contributed by atoms with van der Waals surface area (Å²) in [6, 6.07) is -0.874. The number of fused-ring (bicyclic) bond motifs is 1. The Morgan fingerprint density at radius 3 is 2.59 bits per heavy atom. The Kier molecular flexibility index (Phi) is 9.28. The van der Waals surface area contributed by atoms with E-state index in [4.69, 9.17) is 25.5 Å². The summed E-state index contributed by atoms with van der Waals surface area (Å²) in [7, 11) is -2.90. The molecule has 0 amide bonds. The molecule has 2 heterocycles. The van der Waals surface area contributed by atoms with Crippen LogP contribution in [0, 0.1) is 0 Å². The number of esters is 1. The molecular weight excluding hydrogens is 448 g/mol. The summed E-state index contributed by atoms with van der Waals surface area (Å²) in [6.45, 7) is 4.89. The van der Waals surface area contributed by atoms with Gasteiger partial charge in [-0.15, -0.1) is 0 Å². The number of carbonyl (C=O) groups is 1. The monoisotopic (exact) mass is 477 g/mol. The third kappa shape index (κ3) is 6.81. The average Bonchev–Trinajstić information content (AvgIpc) is 3.11. The van der Waals surface area contributed by atoms with Crippen LogP contribution in [-0.4, -0.2) is 68.2 Å². The van der Waals surface area contributed by atoms with Gasteiger partial charge in [-0.25, -0.2) is 14.5 Å². The van der Waals surface area contributed by atoms with Crippen LogP contribution in [0.2, 0.25) is 0 Å². The number of aliphatic hydroxyl groups is 1. The van der Waals surface area contributed by atoms with Crippen molar-refractivity contribution in [2.45, 2.75) is 58.3 Å². The van der Waals surface area contributed by atoms with E-state index in [-0.39, 0.29) is 35.6 Å². The third-order valence-electron chi connectivity index (χ3n) is 4.20. The highest BCUT2D eigenvalue weighted by atomic mass is 31.1. The van der Waals surface area contributed by atoms with Gasteiger partial charge in [-0.3, -0.25) is 13.9 Å². The fourth-order valence-electron chi connectivity index (χ4n) is 2.61. The van der Waals surface area contributed by atoms with Crippen LogP contribution in [0.1, 0.15) is 33.9 Å². The molecule has 180 valence electrons. The van der Waals surface area contributed by atoms with E-state index in [1.807, 2.05) is 0 Å². The van der Waals surface area contributed by atoms with Crippen LogP contribution in [0.3, 0.4) is 0 Å². The van der Waals surface area contributed by atoms with Crippen LogP contribution >= 0.6 is 8.18 Å². The summed E-state index contributed by atoms with van der Waals surface area (Å²) in [4.78, 5) is 23.6. The first-order valence-corrected chi connectivity index (χ1v) is 11.1. The molecule has 0 saturated carbocycles. The van der Waals surface area contributed by atoms with E-state index < -0.39 is 45.3 Å². The number of nitrogen functional groups attached to an aromatic ring is 2. The summed E-state index contributed by atoms with van der Waals surface area (Å²) in [5, 5.41) is 12.5. The average molecular weight is 477 g/mol. The molecule has 5 atom stereocenters. The second-order valence-corrected chi connectivity index (χ2v) is 8.42. The maximum atomic E-state index is 13.8. The van der Waals surface area contributed by atoms with Gasteiger partial charge < -0.3 is 30.6 Å². The van der Waals surface area contributed by atoms with Gasteiger partial charge in [0.1, 0.15) is 24.3 Å². The van der Waals surface area contributed by atoms with E-state index in [0.717, 1.165) is 0 Å². The lowest BCUT2D eigenvalue weighted by Gasteiger charge is -2.26. The third-order valence-corrected chi connectivity index (χ3v) is 5.29. The van der Waals surface area contributed by atoms with Crippen LogP contribution in [-0.2, 0) is 23.4 Å². The Hall–Kier alpha value is -2.38. The molecule has 2 rings (SSSR count). The summed E-state index contributed by atoms with van der Waals surface area (Å²) in [5.74, 6) is -0.691. The number of halogens is 1. The molecule has 0 spiro atoms. The second-order valence-electron chi connectivity index (χ2n) is 7.27. The number of aromatic nitrogens is 4. The number of nitrogens with one attached hydrogen (secondary N) is 1. The zero-order chi connectivity index (χ0) is 24.0. The normalized spacial score (nSPS) is 16.6. The number of hydrogen-bond donors (Lipinski definition) is 4. The molecule has 32 heavy (non-hydrogen) atoms. The summed E-state index contributed by atoms with van der Waals surface area (Å²) < 4.78 is 43.1. The van der Waals surface area contributed by atoms with Crippen LogP contribution < -0.4 is 16.6 Å². The summed E-state index contributed by atoms with van der Waals surface area (Å²) in [5.41, 5.74) is 11.7. The van der Waals surface area contributed by atoms with E-state index in [0.29, 0.717) is 0 Å². The number of aliphatic hydroxyl groups excluding tert-OH is 1. The van der Waals surface area contributed by atoms with Gasteiger partial charge in [0, 0.05) is 0 Å². The molecule has 0 aliphatic rings. The highest BCUT2D eigenvalue weighted by Crippen LogP contribution is 2.25. The highest BCUT2D eigenvalue weighted by Gasteiger charge is 2.26. The molecule has 2 aromatic heterocycles. The van der Waals surface area contributed by atoms with Crippen molar-refractivity contribution in [3.05, 3.63) is 6.33 Å². The molecule has 0 aliphatic heterocycles. The summed E-state index contributed by atoms with van der Waals surface area (Å²) >= 11 is 0. The van der Waals surface area contributed by atoms with E-state index >= 15 is 0 Å². The van der Waals surface area contributed by atoms with Gasteiger partial charge >= 0.3 is 5.97 Å². The first kappa shape index (κ1) is 25.9. The lowest BCUT2D eigenvalue weighted by molar-refractivity contribution is -0.149. The minimum Gasteiger partial charge on any atom is -0.462 e.